The molecule has 9 rings (SSSR count). The van der Waals surface area contributed by atoms with E-state index in [1.807, 2.05) is 0 Å². The van der Waals surface area contributed by atoms with E-state index in [9.17, 15) is 142 Å². The summed E-state index contributed by atoms with van der Waals surface area (Å²) in [5, 5.41) is 276. The highest BCUT2D eigenvalue weighted by Gasteiger charge is 2.61. The van der Waals surface area contributed by atoms with Crippen molar-refractivity contribution in [2.24, 2.45) is 0 Å². The first-order valence-electron chi connectivity index (χ1n) is 35.5. The van der Waals surface area contributed by atoms with E-state index in [4.69, 9.17) is 80.5 Å². The fourth-order valence-corrected chi connectivity index (χ4v) is 14.3. The number of amides is 4. The molecule has 0 aliphatic carbocycles. The zero-order chi connectivity index (χ0) is 81.8. The number of nitrogens with one attached hydrogen (secondary N) is 4. The first-order chi connectivity index (χ1) is 52.4. The summed E-state index contributed by atoms with van der Waals surface area (Å²) in [6.07, 6.45) is -83.2. The van der Waals surface area contributed by atoms with Crippen molar-refractivity contribution >= 4 is 23.6 Å². The largest absolute Gasteiger partial charge is 0.394 e. The van der Waals surface area contributed by atoms with Crippen LogP contribution in [0, 0.1) is 0 Å². The minimum Gasteiger partial charge on any atom is -0.394 e. The number of hydrogen-bond acceptors (Lipinski definition) is 45. The minimum atomic E-state index is -2.55. The summed E-state index contributed by atoms with van der Waals surface area (Å²) in [6.45, 7) is -3.36. The Morgan fingerprint density at radius 2 is 0.559 bits per heavy atom. The van der Waals surface area contributed by atoms with Gasteiger partial charge in [0.25, 0.3) is 0 Å². The monoisotopic (exact) mass is 1620 g/mol. The lowest BCUT2D eigenvalue weighted by molar-refractivity contribution is -0.396. The summed E-state index contributed by atoms with van der Waals surface area (Å²) in [7, 11) is 0. The van der Waals surface area contributed by atoms with Crippen molar-refractivity contribution < 1.29 is 222 Å². The van der Waals surface area contributed by atoms with Crippen LogP contribution in [-0.2, 0) is 99.7 Å². The van der Waals surface area contributed by atoms with Crippen LogP contribution in [0.15, 0.2) is 0 Å². The topological polar surface area (TPSA) is 759 Å². The van der Waals surface area contributed by atoms with Crippen molar-refractivity contribution in [2.45, 2.75) is 311 Å². The number of aliphatic hydroxyl groups excluding tert-OH is 24. The van der Waals surface area contributed by atoms with E-state index >= 15 is 0 Å². The van der Waals surface area contributed by atoms with E-state index in [0.29, 0.717) is 0 Å². The Bertz CT molecular complexity index is 2950. The van der Waals surface area contributed by atoms with Crippen LogP contribution in [0.2, 0.25) is 0 Å². The van der Waals surface area contributed by atoms with Crippen LogP contribution in [0.3, 0.4) is 0 Å². The van der Waals surface area contributed by atoms with Gasteiger partial charge in [-0.2, -0.15) is 0 Å². The summed E-state index contributed by atoms with van der Waals surface area (Å²) in [5.74, 6) is -3.59. The van der Waals surface area contributed by atoms with Crippen LogP contribution in [-0.4, -0.2) is 475 Å². The van der Waals surface area contributed by atoms with Crippen molar-refractivity contribution in [3.05, 3.63) is 0 Å². The van der Waals surface area contributed by atoms with Crippen LogP contribution < -0.4 is 21.3 Å². The van der Waals surface area contributed by atoms with Crippen LogP contribution in [0.1, 0.15) is 34.6 Å². The molecule has 49 heteroatoms. The molecule has 642 valence electrons. The van der Waals surface area contributed by atoms with Gasteiger partial charge in [-0.05, 0) is 6.92 Å². The van der Waals surface area contributed by atoms with Gasteiger partial charge in [0, 0.05) is 27.7 Å². The molecule has 4 amide bonds. The average molecular weight is 1630 g/mol. The van der Waals surface area contributed by atoms with E-state index < -0.39 is 353 Å². The molecule has 49 nitrogen and oxygen atoms in total. The second-order valence-electron chi connectivity index (χ2n) is 28.2. The maximum absolute atomic E-state index is 13.2. The van der Waals surface area contributed by atoms with Crippen molar-refractivity contribution in [1.82, 2.24) is 21.3 Å². The molecule has 9 fully saturated rings. The zero-order valence-corrected chi connectivity index (χ0v) is 59.9. The summed E-state index contributed by atoms with van der Waals surface area (Å²) >= 11 is 0. The highest BCUT2D eigenvalue weighted by Crippen LogP contribution is 2.40. The van der Waals surface area contributed by atoms with E-state index in [1.165, 1.54) is 6.92 Å². The summed E-state index contributed by atoms with van der Waals surface area (Å²) in [5.41, 5.74) is 0. The van der Waals surface area contributed by atoms with Crippen molar-refractivity contribution in [2.75, 3.05) is 52.9 Å². The first-order valence-corrected chi connectivity index (χ1v) is 35.5. The predicted molar refractivity (Wildman–Crippen MR) is 342 cm³/mol. The fourth-order valence-electron chi connectivity index (χ4n) is 14.3. The number of aliphatic hydroxyl groups is 24. The Labute approximate surface area is 629 Å². The molecule has 9 saturated heterocycles. The third kappa shape index (κ3) is 20.3. The molecular formula is C62H104N4O45. The lowest BCUT2D eigenvalue weighted by atomic mass is 9.93. The van der Waals surface area contributed by atoms with Gasteiger partial charge >= 0.3 is 0 Å². The van der Waals surface area contributed by atoms with Gasteiger partial charge in [0.05, 0.1) is 59.0 Å². The third-order valence-electron chi connectivity index (χ3n) is 20.3. The molecule has 0 spiro atoms. The summed E-state index contributed by atoms with van der Waals surface area (Å²) < 4.78 is 101. The molecule has 45 unspecified atom stereocenters. The Morgan fingerprint density at radius 3 is 1.03 bits per heavy atom. The van der Waals surface area contributed by atoms with E-state index in [-0.39, 0.29) is 0 Å². The van der Waals surface area contributed by atoms with Gasteiger partial charge in [-0.15, -0.1) is 0 Å². The van der Waals surface area contributed by atoms with Crippen molar-refractivity contribution in [3.63, 3.8) is 0 Å². The smallest absolute Gasteiger partial charge is 0.217 e. The predicted octanol–water partition coefficient (Wildman–Crippen LogP) is -19.0. The van der Waals surface area contributed by atoms with Gasteiger partial charge in [-0.25, -0.2) is 0 Å². The molecule has 9 aliphatic rings. The van der Waals surface area contributed by atoms with Gasteiger partial charge in [-0.1, -0.05) is 0 Å². The summed E-state index contributed by atoms with van der Waals surface area (Å²) in [6, 6.07) is -7.39. The van der Waals surface area contributed by atoms with E-state index in [0.717, 1.165) is 27.7 Å². The molecule has 111 heavy (non-hydrogen) atoms. The molecule has 0 bridgehead atoms. The molecule has 0 radical (unpaired) electrons. The Morgan fingerprint density at radius 1 is 0.252 bits per heavy atom. The SMILES string of the molecule is CC(=O)NC1C(O)OC(COC2OC(C)C(O)C(O)C2O)C(OC2OC(CO)C(OC3OC(COC4OC(CO)C(O)C(O)C4OC4OC(CO)C(OC5OC(CO)C(O)C(O)C5O)C(O)C4NC(C)=O)C(O)C(OC4OC(CO)C(O)C(O)C4OC4OC(CO)C(O)C(O)C4NC(C)=O)C3O)C(O)C2NC(C)=O)C1O. The number of carbonyl (C=O) groups is 4. The van der Waals surface area contributed by atoms with Gasteiger partial charge < -0.3 is 224 Å². The summed E-state index contributed by atoms with van der Waals surface area (Å²) in [4.78, 5) is 50.9. The molecular weight excluding hydrogens is 1520 g/mol. The highest BCUT2D eigenvalue weighted by atomic mass is 16.8. The molecule has 45 atom stereocenters. The number of rotatable bonds is 28. The minimum absolute atomic E-state index is 0.827. The Hall–Kier alpha value is -3.76. The molecule has 0 aromatic rings. The standard InChI is InChI=1S/C62H104N4O45/c1-14-31(77)41(87)45(91)58(97-14)95-13-26-50(38(84)27(54(94)98-26)63-15(2)73)106-56-29(65-17(4)75)39(85)49(24(11-72)103-56)108-60-47(93)51(109-62-53(44(90)35(81)22(9-70)102-62)111-55-28(64-16(3)74)37(83)32(78)19(6-67)99-55)36(82)25(105-60)12-96-61-52(43(89)34(80)21(8-69)101-61)110-57-30(66-18(5)76)40(86)48(23(10-71)104-57)107-59-46(92)42(88)33(79)20(7-68)100-59/h14,19-62,67-72,77-94H,6-13H2,1-5H3,(H,63,73)(H,64,74)(H,65,75)(H,66,76). The molecule has 0 aromatic carbocycles. The lowest BCUT2D eigenvalue weighted by Crippen LogP contribution is -2.71. The fraction of sp³-hybridized carbons (Fsp3) is 0.935. The average Bonchev–Trinajstić information content (AvgIpc) is 0.755. The van der Waals surface area contributed by atoms with Crippen LogP contribution >= 0.6 is 0 Å². The quantitative estimate of drug-likeness (QED) is 0.0346. The Balaban J connectivity index is 1.05. The highest BCUT2D eigenvalue weighted by molar-refractivity contribution is 5.74. The number of carbonyl (C=O) groups excluding carboxylic acids is 4. The van der Waals surface area contributed by atoms with Gasteiger partial charge in [0.15, 0.2) is 56.6 Å². The number of ether oxygens (including phenoxy) is 17. The van der Waals surface area contributed by atoms with Gasteiger partial charge in [-0.3, -0.25) is 19.2 Å². The Kier molecular flexibility index (Phi) is 32.6. The molecule has 9 aliphatic heterocycles. The van der Waals surface area contributed by atoms with E-state index in [1.54, 1.807) is 0 Å². The van der Waals surface area contributed by atoms with Gasteiger partial charge in [0.1, 0.15) is 213 Å². The van der Waals surface area contributed by atoms with Crippen LogP contribution in [0.5, 0.6) is 0 Å². The molecule has 9 heterocycles. The third-order valence-corrected chi connectivity index (χ3v) is 20.3. The second kappa shape index (κ2) is 39.7. The first kappa shape index (κ1) is 91.1. The lowest BCUT2D eigenvalue weighted by Gasteiger charge is -2.51. The maximum Gasteiger partial charge on any atom is 0.217 e. The van der Waals surface area contributed by atoms with E-state index in [2.05, 4.69) is 21.3 Å². The molecule has 0 saturated carbocycles. The maximum atomic E-state index is 13.2. The molecule has 28 N–H and O–H groups in total. The molecule has 0 aromatic heterocycles. The normalized spacial score (nSPS) is 49.3. The second-order valence-corrected chi connectivity index (χ2v) is 28.2. The van der Waals surface area contributed by atoms with Crippen LogP contribution in [0.4, 0.5) is 0 Å². The van der Waals surface area contributed by atoms with Crippen LogP contribution in [0.25, 0.3) is 0 Å². The number of hydrogen-bond donors (Lipinski definition) is 28. The van der Waals surface area contributed by atoms with Crippen molar-refractivity contribution in [1.29, 1.82) is 0 Å². The zero-order valence-electron chi connectivity index (χ0n) is 59.9. The van der Waals surface area contributed by atoms with Gasteiger partial charge in [0.2, 0.25) is 23.6 Å². The van der Waals surface area contributed by atoms with Crippen molar-refractivity contribution in [3.8, 4) is 0 Å².